The van der Waals surface area contributed by atoms with Gasteiger partial charge in [-0.25, -0.2) is 0 Å². The lowest BCUT2D eigenvalue weighted by atomic mass is 10.4. The zero-order valence-electron chi connectivity index (χ0n) is 6.62. The lowest BCUT2D eigenvalue weighted by Gasteiger charge is -1.97. The van der Waals surface area contributed by atoms with Gasteiger partial charge < -0.3 is 26.5 Å². The molecule has 0 radical (unpaired) electrons. The molecule has 0 unspecified atom stereocenters. The molecular weight excluding hydrogens is 196 g/mol. The minimum absolute atomic E-state index is 0.0133. The highest BCUT2D eigenvalue weighted by atomic mass is 16.6. The molecule has 0 aromatic carbocycles. The van der Waals surface area contributed by atoms with Crippen molar-refractivity contribution in [2.75, 3.05) is 5.73 Å². The van der Waals surface area contributed by atoms with E-state index in [2.05, 4.69) is 0 Å². The van der Waals surface area contributed by atoms with Crippen molar-refractivity contribution in [3.63, 3.8) is 0 Å². The first kappa shape index (κ1) is 8.16. The number of aromatic hydroxyl groups is 1. The van der Waals surface area contributed by atoms with E-state index >= 15 is 0 Å². The van der Waals surface area contributed by atoms with Gasteiger partial charge in [-0.1, -0.05) is 4.85 Å². The van der Waals surface area contributed by atoms with Crippen LogP contribution in [0.5, 0.6) is 5.88 Å². The van der Waals surface area contributed by atoms with E-state index in [0.717, 1.165) is 0 Å². The molecule has 0 aliphatic carbocycles. The quantitative estimate of drug-likeness (QED) is 0.333. The second-order valence-electron chi connectivity index (χ2n) is 2.63. The van der Waals surface area contributed by atoms with Crippen molar-refractivity contribution in [2.45, 2.75) is 0 Å². The SMILES string of the molecule is Nc1c(O)n(O)c2c(=O)n(O)n(O)c12. The predicted molar refractivity (Wildman–Crippen MR) is 41.8 cm³/mol. The molecule has 0 spiro atoms. The summed E-state index contributed by atoms with van der Waals surface area (Å²) in [6.07, 6.45) is 0. The van der Waals surface area contributed by atoms with Gasteiger partial charge in [0.1, 0.15) is 5.69 Å². The number of nitrogens with two attached hydrogens (primary N) is 1. The number of hydrogen-bond donors (Lipinski definition) is 5. The summed E-state index contributed by atoms with van der Waals surface area (Å²) in [5.41, 5.74) is 2.81. The Kier molecular flexibility index (Phi) is 1.21. The number of fused-ring (bicyclic) bond motifs is 1. The lowest BCUT2D eigenvalue weighted by Crippen LogP contribution is -2.20. The molecule has 76 valence electrons. The summed E-state index contributed by atoms with van der Waals surface area (Å²) < 4.78 is 0.0758. The van der Waals surface area contributed by atoms with Crippen LogP contribution in [-0.4, -0.2) is 35.1 Å². The number of aromatic nitrogens is 3. The second kappa shape index (κ2) is 2.07. The molecule has 0 amide bonds. The number of rotatable bonds is 0. The predicted octanol–water partition coefficient (Wildman–Crippen LogP) is -1.40. The van der Waals surface area contributed by atoms with Crippen molar-refractivity contribution in [2.24, 2.45) is 0 Å². The first-order chi connectivity index (χ1) is 6.46. The van der Waals surface area contributed by atoms with Gasteiger partial charge in [0, 0.05) is 0 Å². The molecular formula is C5H6N4O5. The van der Waals surface area contributed by atoms with E-state index < -0.39 is 22.6 Å². The molecule has 0 atom stereocenters. The van der Waals surface area contributed by atoms with E-state index in [1.54, 1.807) is 0 Å². The first-order valence-electron chi connectivity index (χ1n) is 3.41. The van der Waals surface area contributed by atoms with E-state index in [9.17, 15) is 4.79 Å². The monoisotopic (exact) mass is 202 g/mol. The molecule has 2 rings (SSSR count). The Hall–Kier alpha value is -2.45. The van der Waals surface area contributed by atoms with Gasteiger partial charge in [0.05, 0.1) is 0 Å². The molecule has 6 N–H and O–H groups in total. The molecule has 2 heterocycles. The van der Waals surface area contributed by atoms with Crippen LogP contribution >= 0.6 is 0 Å². The van der Waals surface area contributed by atoms with E-state index in [4.69, 9.17) is 26.5 Å². The molecule has 2 aromatic heterocycles. The van der Waals surface area contributed by atoms with E-state index in [1.165, 1.54) is 0 Å². The number of hydrogen-bond acceptors (Lipinski definition) is 6. The maximum atomic E-state index is 11.1. The highest BCUT2D eigenvalue weighted by molar-refractivity contribution is 5.91. The van der Waals surface area contributed by atoms with Crippen molar-refractivity contribution in [1.82, 2.24) is 14.4 Å². The summed E-state index contributed by atoms with van der Waals surface area (Å²) in [6, 6.07) is 0. The lowest BCUT2D eigenvalue weighted by molar-refractivity contribution is -0.00837. The number of nitrogens with zero attached hydrogens (tertiary/aromatic N) is 3. The molecule has 0 saturated carbocycles. The molecule has 0 fully saturated rings. The Balaban J connectivity index is 3.17. The summed E-state index contributed by atoms with van der Waals surface area (Å²) in [5, 5.41) is 36.3. The minimum Gasteiger partial charge on any atom is -0.491 e. The Morgan fingerprint density at radius 1 is 1.07 bits per heavy atom. The van der Waals surface area contributed by atoms with Crippen molar-refractivity contribution in [1.29, 1.82) is 0 Å². The van der Waals surface area contributed by atoms with E-state index in [-0.39, 0.29) is 19.9 Å². The van der Waals surface area contributed by atoms with Crippen molar-refractivity contribution in [3.05, 3.63) is 10.4 Å². The molecule has 0 aliphatic rings. The van der Waals surface area contributed by atoms with Crippen LogP contribution in [0.4, 0.5) is 5.69 Å². The average Bonchev–Trinajstić information content (AvgIpc) is 2.51. The van der Waals surface area contributed by atoms with Crippen LogP contribution in [-0.2, 0) is 0 Å². The fraction of sp³-hybridized carbons (Fsp3) is 0. The molecule has 9 heteroatoms. The van der Waals surface area contributed by atoms with Gasteiger partial charge in [0.2, 0.25) is 0 Å². The normalized spacial score (nSPS) is 11.1. The number of nitrogen functional groups attached to an aromatic ring is 1. The Bertz CT molecular complexity index is 575. The fourth-order valence-electron chi connectivity index (χ4n) is 1.22. The van der Waals surface area contributed by atoms with Gasteiger partial charge >= 0.3 is 5.56 Å². The van der Waals surface area contributed by atoms with Crippen LogP contribution in [0.3, 0.4) is 0 Å². The van der Waals surface area contributed by atoms with Crippen LogP contribution < -0.4 is 11.3 Å². The Morgan fingerprint density at radius 2 is 1.64 bits per heavy atom. The second-order valence-corrected chi connectivity index (χ2v) is 2.63. The molecule has 0 bridgehead atoms. The third-order valence-corrected chi connectivity index (χ3v) is 1.90. The van der Waals surface area contributed by atoms with Gasteiger partial charge in [0.15, 0.2) is 11.0 Å². The highest BCUT2D eigenvalue weighted by Crippen LogP contribution is 2.29. The Labute approximate surface area is 74.9 Å². The van der Waals surface area contributed by atoms with Crippen LogP contribution in [0.2, 0.25) is 0 Å². The zero-order chi connectivity index (χ0) is 10.6. The van der Waals surface area contributed by atoms with Crippen molar-refractivity contribution in [3.8, 4) is 5.88 Å². The van der Waals surface area contributed by atoms with E-state index in [1.807, 2.05) is 0 Å². The summed E-state index contributed by atoms with van der Waals surface area (Å²) in [4.78, 5) is 11.0. The molecule has 2 aromatic rings. The van der Waals surface area contributed by atoms with Gasteiger partial charge in [-0.15, -0.1) is 4.73 Å². The van der Waals surface area contributed by atoms with Gasteiger partial charge in [-0.3, -0.25) is 4.79 Å². The first-order valence-corrected chi connectivity index (χ1v) is 3.41. The molecule has 0 aliphatic heterocycles. The largest absolute Gasteiger partial charge is 0.491 e. The molecule has 0 saturated heterocycles. The zero-order valence-corrected chi connectivity index (χ0v) is 6.62. The third-order valence-electron chi connectivity index (χ3n) is 1.90. The summed E-state index contributed by atoms with van der Waals surface area (Å²) >= 11 is 0. The topological polar surface area (TPSA) is 139 Å². The van der Waals surface area contributed by atoms with E-state index in [0.29, 0.717) is 0 Å². The van der Waals surface area contributed by atoms with Crippen molar-refractivity contribution < 1.29 is 20.7 Å². The maximum absolute atomic E-state index is 11.1. The highest BCUT2D eigenvalue weighted by Gasteiger charge is 2.24. The molecule has 14 heavy (non-hydrogen) atoms. The smallest absolute Gasteiger partial charge is 0.333 e. The van der Waals surface area contributed by atoms with Crippen LogP contribution in [0.1, 0.15) is 0 Å². The van der Waals surface area contributed by atoms with Crippen LogP contribution in [0, 0.1) is 0 Å². The minimum atomic E-state index is -1.11. The summed E-state index contributed by atoms with van der Waals surface area (Å²) in [6.45, 7) is 0. The maximum Gasteiger partial charge on any atom is 0.333 e. The third kappa shape index (κ3) is 0.620. The number of anilines is 1. The fourth-order valence-corrected chi connectivity index (χ4v) is 1.22. The van der Waals surface area contributed by atoms with Gasteiger partial charge in [-0.2, -0.15) is 0 Å². The van der Waals surface area contributed by atoms with Gasteiger partial charge in [-0.05, 0) is 4.85 Å². The molecule has 9 nitrogen and oxygen atoms in total. The van der Waals surface area contributed by atoms with Crippen LogP contribution in [0.25, 0.3) is 11.0 Å². The Morgan fingerprint density at radius 3 is 2.14 bits per heavy atom. The average molecular weight is 202 g/mol. The summed E-state index contributed by atoms with van der Waals surface area (Å²) in [5.74, 6) is -0.782. The van der Waals surface area contributed by atoms with Gasteiger partial charge in [0.25, 0.3) is 5.88 Å². The standard InChI is InChI=1S/C5H6N4O5/c6-1-2-3(7(12)4(1)10)5(11)9(14)8(2)13/h10,12-14H,6H2. The summed E-state index contributed by atoms with van der Waals surface area (Å²) in [7, 11) is 0. The van der Waals surface area contributed by atoms with Crippen LogP contribution in [0.15, 0.2) is 4.79 Å². The van der Waals surface area contributed by atoms with Crippen molar-refractivity contribution >= 4 is 16.7 Å².